The Kier molecular flexibility index (Phi) is 1.75. The smallest absolute Gasteiger partial charge is 0.116 e. The standard InChI is InChI=1S/C12H9N3/c1-2-6-14-11-5-4-9-7-13-8-15-12(9)10(11)3-1/h1-8,14H. The van der Waals surface area contributed by atoms with Gasteiger partial charge in [-0.25, -0.2) is 9.97 Å². The molecule has 0 saturated heterocycles. The fourth-order valence-corrected chi connectivity index (χ4v) is 1.72. The van der Waals surface area contributed by atoms with Crippen LogP contribution in [0, 0.1) is 0 Å². The number of fused-ring (bicyclic) bond motifs is 3. The van der Waals surface area contributed by atoms with E-state index < -0.39 is 0 Å². The van der Waals surface area contributed by atoms with Crippen molar-refractivity contribution in [2.24, 2.45) is 0 Å². The maximum Gasteiger partial charge on any atom is 0.116 e. The van der Waals surface area contributed by atoms with Crippen molar-refractivity contribution < 1.29 is 0 Å². The molecule has 0 saturated carbocycles. The molecule has 2 aromatic rings. The number of nitrogens with one attached hydrogen (secondary N) is 1. The van der Waals surface area contributed by atoms with Crippen LogP contribution in [0.5, 0.6) is 0 Å². The van der Waals surface area contributed by atoms with Gasteiger partial charge in [-0.05, 0) is 18.2 Å². The highest BCUT2D eigenvalue weighted by atomic mass is 14.9. The Morgan fingerprint density at radius 1 is 1.13 bits per heavy atom. The fourth-order valence-electron chi connectivity index (χ4n) is 1.72. The van der Waals surface area contributed by atoms with Crippen LogP contribution in [0.1, 0.15) is 5.56 Å². The molecule has 1 aromatic heterocycles. The van der Waals surface area contributed by atoms with Gasteiger partial charge in [0.05, 0.1) is 5.52 Å². The second-order valence-corrected chi connectivity index (χ2v) is 3.35. The number of rotatable bonds is 0. The van der Waals surface area contributed by atoms with Gasteiger partial charge in [0, 0.05) is 29.0 Å². The van der Waals surface area contributed by atoms with Crippen molar-refractivity contribution >= 4 is 22.7 Å². The summed E-state index contributed by atoms with van der Waals surface area (Å²) in [5, 5.41) is 4.27. The highest BCUT2D eigenvalue weighted by Gasteiger charge is 2.06. The summed E-state index contributed by atoms with van der Waals surface area (Å²) >= 11 is 0. The van der Waals surface area contributed by atoms with E-state index in [1.54, 1.807) is 6.33 Å². The molecule has 3 nitrogen and oxygen atoms in total. The van der Waals surface area contributed by atoms with E-state index in [0.29, 0.717) is 0 Å². The summed E-state index contributed by atoms with van der Waals surface area (Å²) in [5.74, 6) is 0. The zero-order valence-corrected chi connectivity index (χ0v) is 8.01. The van der Waals surface area contributed by atoms with Crippen LogP contribution in [0.3, 0.4) is 0 Å². The fraction of sp³-hybridized carbons (Fsp3) is 0. The summed E-state index contributed by atoms with van der Waals surface area (Å²) in [6.45, 7) is 0. The molecule has 1 aromatic carbocycles. The predicted octanol–water partition coefficient (Wildman–Crippen LogP) is 2.58. The molecule has 0 aliphatic carbocycles. The normalized spacial score (nSPS) is 13.3. The lowest BCUT2D eigenvalue weighted by atomic mass is 10.1. The zero-order chi connectivity index (χ0) is 10.1. The van der Waals surface area contributed by atoms with Crippen LogP contribution in [0.2, 0.25) is 0 Å². The molecular weight excluding hydrogens is 186 g/mol. The highest BCUT2D eigenvalue weighted by molar-refractivity contribution is 5.93. The summed E-state index contributed by atoms with van der Waals surface area (Å²) in [6, 6.07) is 4.06. The van der Waals surface area contributed by atoms with E-state index in [-0.39, 0.29) is 0 Å². The average molecular weight is 195 g/mol. The molecule has 0 radical (unpaired) electrons. The summed E-state index contributed by atoms with van der Waals surface area (Å²) in [4.78, 5) is 8.32. The van der Waals surface area contributed by atoms with Gasteiger partial charge in [0.2, 0.25) is 0 Å². The van der Waals surface area contributed by atoms with Crippen molar-refractivity contribution in [2.45, 2.75) is 0 Å². The minimum Gasteiger partial charge on any atom is -0.361 e. The van der Waals surface area contributed by atoms with E-state index in [1.165, 1.54) is 0 Å². The third-order valence-corrected chi connectivity index (χ3v) is 2.42. The van der Waals surface area contributed by atoms with Crippen LogP contribution in [0.15, 0.2) is 43.0 Å². The molecule has 3 heteroatoms. The first-order valence-electron chi connectivity index (χ1n) is 4.77. The summed E-state index contributed by atoms with van der Waals surface area (Å²) < 4.78 is 0. The van der Waals surface area contributed by atoms with E-state index >= 15 is 0 Å². The molecular formula is C12H9N3. The molecule has 15 heavy (non-hydrogen) atoms. The number of nitrogens with zero attached hydrogens (tertiary/aromatic N) is 2. The lowest BCUT2D eigenvalue weighted by Crippen LogP contribution is -1.92. The van der Waals surface area contributed by atoms with E-state index in [9.17, 15) is 0 Å². The average Bonchev–Trinajstić information content (AvgIpc) is 2.54. The van der Waals surface area contributed by atoms with Gasteiger partial charge < -0.3 is 5.32 Å². The van der Waals surface area contributed by atoms with E-state index in [0.717, 1.165) is 22.2 Å². The van der Waals surface area contributed by atoms with Crippen LogP contribution in [0.4, 0.5) is 5.69 Å². The van der Waals surface area contributed by atoms with Gasteiger partial charge in [0.25, 0.3) is 0 Å². The summed E-state index contributed by atoms with van der Waals surface area (Å²) in [5.41, 5.74) is 3.17. The van der Waals surface area contributed by atoms with Crippen LogP contribution < -0.4 is 5.32 Å². The molecule has 0 atom stereocenters. The topological polar surface area (TPSA) is 37.8 Å². The van der Waals surface area contributed by atoms with E-state index in [1.807, 2.05) is 36.7 Å². The van der Waals surface area contributed by atoms with Gasteiger partial charge in [0.1, 0.15) is 6.33 Å². The van der Waals surface area contributed by atoms with Crippen LogP contribution in [-0.2, 0) is 0 Å². The van der Waals surface area contributed by atoms with Crippen LogP contribution >= 0.6 is 0 Å². The van der Waals surface area contributed by atoms with Crippen molar-refractivity contribution in [1.29, 1.82) is 0 Å². The Bertz CT molecular complexity index is 570. The Hall–Kier alpha value is -2.16. The van der Waals surface area contributed by atoms with Gasteiger partial charge in [-0.2, -0.15) is 0 Å². The molecule has 1 aliphatic heterocycles. The minimum absolute atomic E-state index is 0.981. The first-order valence-corrected chi connectivity index (χ1v) is 4.77. The Balaban J connectivity index is 2.38. The summed E-state index contributed by atoms with van der Waals surface area (Å²) in [7, 11) is 0. The molecule has 0 fully saturated rings. The number of benzene rings is 1. The largest absolute Gasteiger partial charge is 0.361 e. The molecule has 72 valence electrons. The lowest BCUT2D eigenvalue weighted by Gasteiger charge is -2.07. The Morgan fingerprint density at radius 3 is 3.13 bits per heavy atom. The number of allylic oxidation sites excluding steroid dienone is 2. The minimum atomic E-state index is 0.981. The molecule has 0 unspecified atom stereocenters. The quantitative estimate of drug-likeness (QED) is 0.702. The number of hydrogen-bond donors (Lipinski definition) is 1. The molecule has 3 rings (SSSR count). The third-order valence-electron chi connectivity index (χ3n) is 2.42. The van der Waals surface area contributed by atoms with Gasteiger partial charge in [-0.1, -0.05) is 12.2 Å². The number of anilines is 1. The lowest BCUT2D eigenvalue weighted by molar-refractivity contribution is 1.22. The molecule has 2 heterocycles. The Morgan fingerprint density at radius 2 is 2.13 bits per heavy atom. The monoisotopic (exact) mass is 195 g/mol. The van der Waals surface area contributed by atoms with Crippen molar-refractivity contribution in [3.8, 4) is 0 Å². The Labute approximate surface area is 87.2 Å². The third kappa shape index (κ3) is 1.29. The highest BCUT2D eigenvalue weighted by Crippen LogP contribution is 2.26. The zero-order valence-electron chi connectivity index (χ0n) is 8.01. The molecule has 0 spiro atoms. The summed E-state index contributed by atoms with van der Waals surface area (Å²) in [6.07, 6.45) is 11.3. The van der Waals surface area contributed by atoms with Crippen molar-refractivity contribution in [3.05, 3.63) is 48.6 Å². The number of aromatic nitrogens is 2. The molecule has 1 aliphatic rings. The van der Waals surface area contributed by atoms with Crippen molar-refractivity contribution in [2.75, 3.05) is 5.32 Å². The maximum atomic E-state index is 4.31. The second-order valence-electron chi connectivity index (χ2n) is 3.35. The SMILES string of the molecule is C1=CNc2ccc3cncnc3c2C=C1. The van der Waals surface area contributed by atoms with Crippen LogP contribution in [0.25, 0.3) is 17.0 Å². The van der Waals surface area contributed by atoms with Crippen molar-refractivity contribution in [1.82, 2.24) is 9.97 Å². The van der Waals surface area contributed by atoms with Gasteiger partial charge >= 0.3 is 0 Å². The molecule has 0 amide bonds. The van der Waals surface area contributed by atoms with Gasteiger partial charge in [-0.15, -0.1) is 0 Å². The predicted molar refractivity (Wildman–Crippen MR) is 61.3 cm³/mol. The van der Waals surface area contributed by atoms with Crippen molar-refractivity contribution in [3.63, 3.8) is 0 Å². The molecule has 1 N–H and O–H groups in total. The first kappa shape index (κ1) is 8.17. The maximum absolute atomic E-state index is 4.31. The van der Waals surface area contributed by atoms with Gasteiger partial charge in [-0.3, -0.25) is 0 Å². The van der Waals surface area contributed by atoms with Gasteiger partial charge in [0.15, 0.2) is 0 Å². The number of hydrogen-bond acceptors (Lipinski definition) is 3. The molecule has 0 bridgehead atoms. The first-order chi connectivity index (χ1) is 7.45. The van der Waals surface area contributed by atoms with E-state index in [4.69, 9.17) is 0 Å². The van der Waals surface area contributed by atoms with E-state index in [2.05, 4.69) is 21.4 Å². The second kappa shape index (κ2) is 3.20. The van der Waals surface area contributed by atoms with Crippen LogP contribution in [-0.4, -0.2) is 9.97 Å².